The van der Waals surface area contributed by atoms with Crippen LogP contribution in [0.15, 0.2) is 53.9 Å². The van der Waals surface area contributed by atoms with Crippen molar-refractivity contribution in [3.05, 3.63) is 65.0 Å². The third-order valence-corrected chi connectivity index (χ3v) is 6.10. The fourth-order valence-corrected chi connectivity index (χ4v) is 4.47. The molecule has 0 aliphatic heterocycles. The van der Waals surface area contributed by atoms with E-state index < -0.39 is 5.97 Å². The van der Waals surface area contributed by atoms with Crippen molar-refractivity contribution >= 4 is 28.2 Å². The Labute approximate surface area is 204 Å². The van der Waals surface area contributed by atoms with Gasteiger partial charge in [-0.05, 0) is 55.2 Å². The van der Waals surface area contributed by atoms with Gasteiger partial charge in [-0.1, -0.05) is 37.6 Å². The zero-order valence-electron chi connectivity index (χ0n) is 19.9. The van der Waals surface area contributed by atoms with E-state index in [1.54, 1.807) is 14.0 Å². The van der Waals surface area contributed by atoms with Gasteiger partial charge in [0.05, 0.1) is 20.3 Å². The molecule has 34 heavy (non-hydrogen) atoms. The van der Waals surface area contributed by atoms with Gasteiger partial charge in [0.1, 0.15) is 22.1 Å². The highest BCUT2D eigenvalue weighted by Gasteiger charge is 2.22. The van der Waals surface area contributed by atoms with Gasteiger partial charge in [-0.25, -0.2) is 4.79 Å². The van der Waals surface area contributed by atoms with Gasteiger partial charge in [0.2, 0.25) is 5.91 Å². The number of anilines is 1. The molecule has 0 aliphatic rings. The molecule has 180 valence electrons. The number of amides is 1. The zero-order valence-corrected chi connectivity index (χ0v) is 20.7. The molecule has 0 aliphatic carbocycles. The summed E-state index contributed by atoms with van der Waals surface area (Å²) in [7, 11) is 1.60. The normalized spacial score (nSPS) is 10.6. The maximum absolute atomic E-state index is 12.7. The van der Waals surface area contributed by atoms with E-state index in [4.69, 9.17) is 14.2 Å². The lowest BCUT2D eigenvalue weighted by Gasteiger charge is -2.10. The molecule has 1 heterocycles. The Hall–Kier alpha value is -3.32. The maximum Gasteiger partial charge on any atom is 0.341 e. The average molecular weight is 482 g/mol. The summed E-state index contributed by atoms with van der Waals surface area (Å²) in [5, 5.41) is 5.23. The smallest absolute Gasteiger partial charge is 0.341 e. The molecule has 0 unspecified atom stereocenters. The van der Waals surface area contributed by atoms with E-state index in [1.807, 2.05) is 41.8 Å². The highest BCUT2D eigenvalue weighted by Crippen LogP contribution is 2.37. The van der Waals surface area contributed by atoms with Crippen molar-refractivity contribution in [2.45, 2.75) is 39.5 Å². The second-order valence-electron chi connectivity index (χ2n) is 7.70. The van der Waals surface area contributed by atoms with Crippen LogP contribution in [-0.4, -0.2) is 32.2 Å². The molecule has 0 fully saturated rings. The van der Waals surface area contributed by atoms with Gasteiger partial charge >= 0.3 is 5.97 Å². The Morgan fingerprint density at radius 2 is 1.68 bits per heavy atom. The first kappa shape index (κ1) is 25.3. The lowest BCUT2D eigenvalue weighted by atomic mass is 10.0. The number of rotatable bonds is 12. The summed E-state index contributed by atoms with van der Waals surface area (Å²) in [5.74, 6) is 0.895. The quantitative estimate of drug-likeness (QED) is 0.241. The molecule has 3 rings (SSSR count). The molecular formula is C27H31NO5S. The minimum atomic E-state index is -0.459. The third-order valence-electron chi connectivity index (χ3n) is 5.20. The van der Waals surface area contributed by atoms with E-state index in [-0.39, 0.29) is 18.9 Å². The van der Waals surface area contributed by atoms with Gasteiger partial charge in [0.25, 0.3) is 0 Å². The molecule has 6 nitrogen and oxygen atoms in total. The number of ether oxygens (including phenoxy) is 3. The van der Waals surface area contributed by atoms with Crippen molar-refractivity contribution < 1.29 is 23.8 Å². The van der Waals surface area contributed by atoms with Crippen LogP contribution in [0.25, 0.3) is 11.1 Å². The van der Waals surface area contributed by atoms with Crippen LogP contribution in [0, 0.1) is 0 Å². The monoisotopic (exact) mass is 481 g/mol. The molecule has 0 atom stereocenters. The van der Waals surface area contributed by atoms with E-state index in [0.717, 1.165) is 35.5 Å². The molecule has 2 aromatic carbocycles. The third kappa shape index (κ3) is 6.84. The Morgan fingerprint density at radius 3 is 2.32 bits per heavy atom. The minimum Gasteiger partial charge on any atom is -0.497 e. The van der Waals surface area contributed by atoms with Gasteiger partial charge < -0.3 is 19.5 Å². The van der Waals surface area contributed by atoms with E-state index in [1.165, 1.54) is 16.9 Å². The first-order valence-corrected chi connectivity index (χ1v) is 12.4. The maximum atomic E-state index is 12.7. The van der Waals surface area contributed by atoms with Crippen molar-refractivity contribution in [1.29, 1.82) is 0 Å². The summed E-state index contributed by atoms with van der Waals surface area (Å²) < 4.78 is 16.2. The number of carbonyl (C=O) groups excluding carboxylic acids is 2. The highest BCUT2D eigenvalue weighted by molar-refractivity contribution is 7.15. The van der Waals surface area contributed by atoms with Crippen LogP contribution < -0.4 is 14.8 Å². The fourth-order valence-electron chi connectivity index (χ4n) is 3.49. The van der Waals surface area contributed by atoms with E-state index in [0.29, 0.717) is 23.6 Å². The molecule has 0 spiro atoms. The Morgan fingerprint density at radius 1 is 0.971 bits per heavy atom. The minimum absolute atomic E-state index is 0.171. The Bertz CT molecular complexity index is 1070. The van der Waals surface area contributed by atoms with Crippen LogP contribution in [0.5, 0.6) is 11.5 Å². The Balaban J connectivity index is 1.60. The molecular weight excluding hydrogens is 450 g/mol. The summed E-state index contributed by atoms with van der Waals surface area (Å²) in [4.78, 5) is 25.3. The van der Waals surface area contributed by atoms with Crippen LogP contribution in [0.2, 0.25) is 0 Å². The molecule has 1 N–H and O–H groups in total. The number of hydrogen-bond donors (Lipinski definition) is 1. The van der Waals surface area contributed by atoms with E-state index in [2.05, 4.69) is 24.4 Å². The summed E-state index contributed by atoms with van der Waals surface area (Å²) >= 11 is 1.31. The van der Waals surface area contributed by atoms with E-state index >= 15 is 0 Å². The highest BCUT2D eigenvalue weighted by atomic mass is 32.1. The van der Waals surface area contributed by atoms with Gasteiger partial charge in [-0.15, -0.1) is 11.3 Å². The molecule has 7 heteroatoms. The number of thiophene rings is 1. The molecule has 0 saturated heterocycles. The first-order chi connectivity index (χ1) is 16.5. The number of aryl methyl sites for hydroxylation is 1. The predicted molar refractivity (Wildman–Crippen MR) is 136 cm³/mol. The summed E-state index contributed by atoms with van der Waals surface area (Å²) in [6.07, 6.45) is 3.01. The molecule has 1 aromatic heterocycles. The van der Waals surface area contributed by atoms with Crippen molar-refractivity contribution in [3.63, 3.8) is 0 Å². The average Bonchev–Trinajstić information content (AvgIpc) is 3.26. The lowest BCUT2D eigenvalue weighted by molar-refractivity contribution is -0.116. The lowest BCUT2D eigenvalue weighted by Crippen LogP contribution is -2.15. The zero-order chi connectivity index (χ0) is 24.3. The van der Waals surface area contributed by atoms with Crippen LogP contribution in [0.4, 0.5) is 5.00 Å². The van der Waals surface area contributed by atoms with E-state index in [9.17, 15) is 9.59 Å². The largest absolute Gasteiger partial charge is 0.497 e. The van der Waals surface area contributed by atoms with Gasteiger partial charge in [-0.3, -0.25) is 4.79 Å². The van der Waals surface area contributed by atoms with Crippen molar-refractivity contribution in [1.82, 2.24) is 0 Å². The van der Waals surface area contributed by atoms with Crippen LogP contribution in [0.3, 0.4) is 0 Å². The number of nitrogens with one attached hydrogen (secondary N) is 1. The summed E-state index contributed by atoms with van der Waals surface area (Å²) in [6.45, 7) is 4.60. The van der Waals surface area contributed by atoms with Crippen LogP contribution in [0.1, 0.15) is 49.0 Å². The summed E-state index contributed by atoms with van der Waals surface area (Å²) in [6, 6.07) is 15.5. The van der Waals surface area contributed by atoms with Crippen molar-refractivity contribution in [2.24, 2.45) is 0 Å². The number of benzene rings is 2. The number of esters is 1. The Kier molecular flexibility index (Phi) is 9.52. The molecule has 0 saturated carbocycles. The van der Waals surface area contributed by atoms with Crippen LogP contribution in [-0.2, 0) is 16.0 Å². The number of methoxy groups -OCH3 is 1. The van der Waals surface area contributed by atoms with Gasteiger partial charge in [0.15, 0.2) is 0 Å². The second-order valence-corrected chi connectivity index (χ2v) is 8.58. The molecule has 1 amide bonds. The van der Waals surface area contributed by atoms with Crippen molar-refractivity contribution in [2.75, 3.05) is 25.6 Å². The molecule has 3 aromatic rings. The predicted octanol–water partition coefficient (Wildman–Crippen LogP) is 6.35. The standard InChI is InChI=1S/C27H31NO5S/c1-4-7-19-9-13-22(14-10-19)33-17-6-8-24(29)28-26-25(27(30)32-5-2)23(18-34-26)20-11-15-21(31-3)16-12-20/h9-16,18H,4-8,17H2,1-3H3,(H,28,29). The molecule has 0 bridgehead atoms. The topological polar surface area (TPSA) is 73.9 Å². The fraction of sp³-hybridized carbons (Fsp3) is 0.333. The number of hydrogen-bond acceptors (Lipinski definition) is 6. The first-order valence-electron chi connectivity index (χ1n) is 11.5. The van der Waals surface area contributed by atoms with Gasteiger partial charge in [0, 0.05) is 17.4 Å². The second kappa shape index (κ2) is 12.8. The van der Waals surface area contributed by atoms with Crippen LogP contribution >= 0.6 is 11.3 Å². The van der Waals surface area contributed by atoms with Crippen molar-refractivity contribution in [3.8, 4) is 22.6 Å². The molecule has 0 radical (unpaired) electrons. The number of carbonyl (C=O) groups is 2. The summed E-state index contributed by atoms with van der Waals surface area (Å²) in [5.41, 5.74) is 3.22. The van der Waals surface area contributed by atoms with Gasteiger partial charge in [-0.2, -0.15) is 0 Å². The SMILES string of the molecule is CCCc1ccc(OCCCC(=O)Nc2scc(-c3ccc(OC)cc3)c2C(=O)OCC)cc1.